The normalized spacial score (nSPS) is 10.2. The number of carbonyl (C=O) groups excluding carboxylic acids is 1. The van der Waals surface area contributed by atoms with Crippen molar-refractivity contribution in [3.8, 4) is 17.6 Å². The van der Waals surface area contributed by atoms with Crippen molar-refractivity contribution in [3.05, 3.63) is 29.8 Å². The summed E-state index contributed by atoms with van der Waals surface area (Å²) < 4.78 is 10.3. The molecule has 0 saturated heterocycles. The van der Waals surface area contributed by atoms with Crippen molar-refractivity contribution in [1.82, 2.24) is 0 Å². The minimum atomic E-state index is -0.504. The maximum Gasteiger partial charge on any atom is 0.384 e. The van der Waals surface area contributed by atoms with Crippen LogP contribution in [0.2, 0.25) is 0 Å². The SMILES string of the molecule is COc1ccccc1CC#CC(=O)OC(C)(C)C. The van der Waals surface area contributed by atoms with Gasteiger partial charge in [-0.3, -0.25) is 0 Å². The maximum atomic E-state index is 11.4. The van der Waals surface area contributed by atoms with Crippen molar-refractivity contribution in [2.45, 2.75) is 32.8 Å². The van der Waals surface area contributed by atoms with Gasteiger partial charge in [0.2, 0.25) is 0 Å². The molecule has 0 radical (unpaired) electrons. The van der Waals surface area contributed by atoms with Crippen LogP contribution in [-0.4, -0.2) is 18.7 Å². The van der Waals surface area contributed by atoms with Gasteiger partial charge in [0.05, 0.1) is 7.11 Å². The summed E-state index contributed by atoms with van der Waals surface area (Å²) in [6.45, 7) is 5.44. The number of benzene rings is 1. The summed E-state index contributed by atoms with van der Waals surface area (Å²) >= 11 is 0. The second-order valence-corrected chi connectivity index (χ2v) is 4.79. The minimum absolute atomic E-state index is 0.462. The molecule has 96 valence electrons. The van der Waals surface area contributed by atoms with Gasteiger partial charge in [-0.2, -0.15) is 0 Å². The van der Waals surface area contributed by atoms with E-state index in [2.05, 4.69) is 11.8 Å². The molecular formula is C15H18O3. The standard InChI is InChI=1S/C15H18O3/c1-15(2,3)18-14(16)11-7-9-12-8-5-6-10-13(12)17-4/h5-6,8,10H,9H2,1-4H3. The Hall–Kier alpha value is -1.95. The van der Waals surface area contributed by atoms with Crippen LogP contribution >= 0.6 is 0 Å². The van der Waals surface area contributed by atoms with Crippen molar-refractivity contribution < 1.29 is 14.3 Å². The zero-order chi connectivity index (χ0) is 13.6. The molecule has 1 aromatic carbocycles. The number of carbonyl (C=O) groups is 1. The Morgan fingerprint density at radius 1 is 1.28 bits per heavy atom. The summed E-state index contributed by atoms with van der Waals surface area (Å²) in [5.41, 5.74) is 0.451. The van der Waals surface area contributed by atoms with E-state index in [1.807, 2.05) is 45.0 Å². The summed E-state index contributed by atoms with van der Waals surface area (Å²) in [6.07, 6.45) is 0.462. The van der Waals surface area contributed by atoms with E-state index in [-0.39, 0.29) is 0 Å². The molecule has 18 heavy (non-hydrogen) atoms. The lowest BCUT2D eigenvalue weighted by atomic mass is 10.1. The third-order valence-electron chi connectivity index (χ3n) is 2.06. The van der Waals surface area contributed by atoms with E-state index in [1.54, 1.807) is 7.11 Å². The molecule has 0 N–H and O–H groups in total. The maximum absolute atomic E-state index is 11.4. The molecule has 3 nitrogen and oxygen atoms in total. The number of para-hydroxylation sites is 1. The van der Waals surface area contributed by atoms with Gasteiger partial charge in [0.1, 0.15) is 11.4 Å². The van der Waals surface area contributed by atoms with Gasteiger partial charge in [0.15, 0.2) is 0 Å². The van der Waals surface area contributed by atoms with Gasteiger partial charge in [-0.1, -0.05) is 24.1 Å². The second-order valence-electron chi connectivity index (χ2n) is 4.79. The third kappa shape index (κ3) is 4.92. The first-order chi connectivity index (χ1) is 8.42. The largest absolute Gasteiger partial charge is 0.496 e. The number of hydrogen-bond acceptors (Lipinski definition) is 3. The first-order valence-corrected chi connectivity index (χ1v) is 5.76. The molecular weight excluding hydrogens is 228 g/mol. The van der Waals surface area contributed by atoms with Crippen LogP contribution in [0.1, 0.15) is 26.3 Å². The van der Waals surface area contributed by atoms with Gasteiger partial charge in [-0.15, -0.1) is 0 Å². The van der Waals surface area contributed by atoms with E-state index in [1.165, 1.54) is 0 Å². The topological polar surface area (TPSA) is 35.5 Å². The Balaban J connectivity index is 2.63. The Morgan fingerprint density at radius 3 is 2.56 bits per heavy atom. The summed E-state index contributed by atoms with van der Waals surface area (Å²) in [5.74, 6) is 5.54. The van der Waals surface area contributed by atoms with E-state index < -0.39 is 11.6 Å². The summed E-state index contributed by atoms with van der Waals surface area (Å²) in [7, 11) is 1.61. The Labute approximate surface area is 108 Å². The molecule has 0 unspecified atom stereocenters. The molecule has 0 spiro atoms. The molecule has 0 aromatic heterocycles. The van der Waals surface area contributed by atoms with Crippen LogP contribution in [0.5, 0.6) is 5.75 Å². The Bertz CT molecular complexity index is 472. The van der Waals surface area contributed by atoms with Crippen LogP contribution in [0.25, 0.3) is 0 Å². The molecule has 0 aliphatic rings. The van der Waals surface area contributed by atoms with Gasteiger partial charge in [-0.25, -0.2) is 4.79 Å². The smallest absolute Gasteiger partial charge is 0.384 e. The summed E-state index contributed by atoms with van der Waals surface area (Å²) in [5, 5.41) is 0. The highest BCUT2D eigenvalue weighted by Crippen LogP contribution is 2.17. The number of ether oxygens (including phenoxy) is 2. The molecule has 1 aromatic rings. The predicted octanol–water partition coefficient (Wildman–Crippen LogP) is 2.58. The van der Waals surface area contributed by atoms with Crippen LogP contribution in [0.4, 0.5) is 0 Å². The molecule has 3 heteroatoms. The fraction of sp³-hybridized carbons (Fsp3) is 0.400. The molecule has 0 bridgehead atoms. The number of rotatable bonds is 2. The van der Waals surface area contributed by atoms with Crippen LogP contribution in [0.15, 0.2) is 24.3 Å². The molecule has 0 amide bonds. The number of esters is 1. The zero-order valence-electron chi connectivity index (χ0n) is 11.2. The van der Waals surface area contributed by atoms with E-state index in [0.717, 1.165) is 11.3 Å². The number of hydrogen-bond donors (Lipinski definition) is 0. The van der Waals surface area contributed by atoms with Crippen molar-refractivity contribution in [2.75, 3.05) is 7.11 Å². The van der Waals surface area contributed by atoms with E-state index >= 15 is 0 Å². The molecule has 0 aliphatic heterocycles. The van der Waals surface area contributed by atoms with Gasteiger partial charge in [0, 0.05) is 17.9 Å². The highest BCUT2D eigenvalue weighted by atomic mass is 16.6. The van der Waals surface area contributed by atoms with Gasteiger partial charge < -0.3 is 9.47 Å². The first kappa shape index (κ1) is 14.1. The molecule has 1 rings (SSSR count). The third-order valence-corrected chi connectivity index (χ3v) is 2.06. The van der Waals surface area contributed by atoms with Crippen LogP contribution < -0.4 is 4.74 Å². The quantitative estimate of drug-likeness (QED) is 0.457. The predicted molar refractivity (Wildman–Crippen MR) is 70.3 cm³/mol. The highest BCUT2D eigenvalue weighted by Gasteiger charge is 2.14. The second kappa shape index (κ2) is 6.11. The van der Waals surface area contributed by atoms with Gasteiger partial charge in [0.25, 0.3) is 0 Å². The molecule has 0 saturated carbocycles. The van der Waals surface area contributed by atoms with Crippen LogP contribution in [0.3, 0.4) is 0 Å². The lowest BCUT2D eigenvalue weighted by Crippen LogP contribution is -2.22. The molecule has 0 fully saturated rings. The van der Waals surface area contributed by atoms with Crippen molar-refractivity contribution >= 4 is 5.97 Å². The van der Waals surface area contributed by atoms with Crippen molar-refractivity contribution in [3.63, 3.8) is 0 Å². The van der Waals surface area contributed by atoms with Crippen LogP contribution in [-0.2, 0) is 16.0 Å². The van der Waals surface area contributed by atoms with Crippen LogP contribution in [0, 0.1) is 11.8 Å². The van der Waals surface area contributed by atoms with Gasteiger partial charge >= 0.3 is 5.97 Å². The Kier molecular flexibility index (Phi) is 4.79. The summed E-state index contributed by atoms with van der Waals surface area (Å²) in [4.78, 5) is 11.4. The fourth-order valence-electron chi connectivity index (χ4n) is 1.36. The Morgan fingerprint density at radius 2 is 1.94 bits per heavy atom. The van der Waals surface area contributed by atoms with E-state index in [0.29, 0.717) is 6.42 Å². The average Bonchev–Trinajstić information content (AvgIpc) is 2.27. The first-order valence-electron chi connectivity index (χ1n) is 5.76. The summed E-state index contributed by atoms with van der Waals surface area (Å²) in [6, 6.07) is 7.59. The number of methoxy groups -OCH3 is 1. The lowest BCUT2D eigenvalue weighted by Gasteiger charge is -2.16. The monoisotopic (exact) mass is 246 g/mol. The van der Waals surface area contributed by atoms with E-state index in [4.69, 9.17) is 9.47 Å². The molecule has 0 heterocycles. The molecule has 0 atom stereocenters. The highest BCUT2D eigenvalue weighted by molar-refractivity contribution is 5.88. The lowest BCUT2D eigenvalue weighted by molar-refractivity contribution is -0.147. The van der Waals surface area contributed by atoms with Gasteiger partial charge in [-0.05, 0) is 26.8 Å². The molecule has 0 aliphatic carbocycles. The fourth-order valence-corrected chi connectivity index (χ4v) is 1.36. The average molecular weight is 246 g/mol. The van der Waals surface area contributed by atoms with Crippen molar-refractivity contribution in [2.24, 2.45) is 0 Å². The zero-order valence-corrected chi connectivity index (χ0v) is 11.2. The van der Waals surface area contributed by atoms with Crippen molar-refractivity contribution in [1.29, 1.82) is 0 Å². The minimum Gasteiger partial charge on any atom is -0.496 e. The van der Waals surface area contributed by atoms with E-state index in [9.17, 15) is 4.79 Å².